The monoisotopic (exact) mass is 465 g/mol. The van der Waals surface area contributed by atoms with Crippen LogP contribution in [0.4, 0.5) is 10.1 Å². The average Bonchev–Trinajstić information content (AvgIpc) is 3.51. The number of non-ortho nitro benzene ring substituents is 1. The molecule has 3 aliphatic rings. The van der Waals surface area contributed by atoms with Gasteiger partial charge in [0, 0.05) is 23.3 Å². The molecule has 0 aromatic heterocycles. The highest BCUT2D eigenvalue weighted by atomic mass is 19.1. The van der Waals surface area contributed by atoms with Crippen LogP contribution in [0.5, 0.6) is 0 Å². The number of hydrazine groups is 1. The molecule has 2 bridgehead atoms. The van der Waals surface area contributed by atoms with Gasteiger partial charge in [0.05, 0.1) is 16.8 Å². The van der Waals surface area contributed by atoms with Gasteiger partial charge in [-0.05, 0) is 67.5 Å². The number of carbonyl (C=O) groups is 4. The quantitative estimate of drug-likeness (QED) is 0.280. The molecule has 0 spiro atoms. The summed E-state index contributed by atoms with van der Waals surface area (Å²) in [5.74, 6) is -3.76. The maximum Gasteiger partial charge on any atom is 0.273 e. The molecule has 2 aliphatic carbocycles. The lowest BCUT2D eigenvalue weighted by Crippen LogP contribution is -2.52. The van der Waals surface area contributed by atoms with Gasteiger partial charge >= 0.3 is 0 Å². The summed E-state index contributed by atoms with van der Waals surface area (Å²) in [7, 11) is 0. The Kier molecular flexibility index (Phi) is 5.22. The first-order valence-electron chi connectivity index (χ1n) is 11.0. The van der Waals surface area contributed by atoms with Gasteiger partial charge in [-0.2, -0.15) is 5.01 Å². The van der Waals surface area contributed by atoms with Gasteiger partial charge in [0.2, 0.25) is 0 Å². The largest absolute Gasteiger partial charge is 0.292 e. The van der Waals surface area contributed by atoms with Crippen LogP contribution in [0.25, 0.3) is 0 Å². The van der Waals surface area contributed by atoms with Gasteiger partial charge < -0.3 is 0 Å². The molecule has 1 aliphatic heterocycles. The summed E-state index contributed by atoms with van der Waals surface area (Å²) in [6, 6.07) is 9.42. The molecule has 0 unspecified atom stereocenters. The van der Waals surface area contributed by atoms with Crippen LogP contribution < -0.4 is 0 Å². The van der Waals surface area contributed by atoms with Crippen LogP contribution in [-0.4, -0.2) is 45.0 Å². The maximum atomic E-state index is 13.4. The topological polar surface area (TPSA) is 118 Å². The number of ketones is 1. The number of nitro groups is 1. The number of nitro benzene ring substituents is 1. The molecule has 0 radical (unpaired) electrons. The van der Waals surface area contributed by atoms with Crippen molar-refractivity contribution >= 4 is 29.2 Å². The molecule has 0 N–H and O–H groups in total. The number of hydrogen-bond acceptors (Lipinski definition) is 6. The van der Waals surface area contributed by atoms with Crippen LogP contribution in [0.1, 0.15) is 40.0 Å². The molecule has 3 fully saturated rings. The second-order valence-corrected chi connectivity index (χ2v) is 8.97. The lowest BCUT2D eigenvalue weighted by Gasteiger charge is -2.30. The number of halogens is 1. The van der Waals surface area contributed by atoms with Gasteiger partial charge in [0.1, 0.15) is 12.4 Å². The van der Waals surface area contributed by atoms with E-state index < -0.39 is 52.6 Å². The van der Waals surface area contributed by atoms with Crippen molar-refractivity contribution in [2.75, 3.05) is 6.54 Å². The number of amides is 3. The zero-order valence-corrected chi connectivity index (χ0v) is 17.9. The third-order valence-corrected chi connectivity index (χ3v) is 7.16. The summed E-state index contributed by atoms with van der Waals surface area (Å²) in [5.41, 5.74) is -0.134. The van der Waals surface area contributed by atoms with Crippen molar-refractivity contribution in [2.45, 2.75) is 19.3 Å². The van der Waals surface area contributed by atoms with Crippen LogP contribution >= 0.6 is 0 Å². The van der Waals surface area contributed by atoms with Gasteiger partial charge in [0.25, 0.3) is 23.4 Å². The van der Waals surface area contributed by atoms with Crippen LogP contribution in [0, 0.1) is 39.6 Å². The van der Waals surface area contributed by atoms with E-state index >= 15 is 0 Å². The molecule has 2 aromatic rings. The van der Waals surface area contributed by atoms with E-state index in [1.165, 1.54) is 24.3 Å². The minimum absolute atomic E-state index is 0.0156. The highest BCUT2D eigenvalue weighted by Gasteiger charge is 2.62. The molecule has 2 aromatic carbocycles. The van der Waals surface area contributed by atoms with E-state index in [2.05, 4.69) is 0 Å². The van der Waals surface area contributed by atoms with Crippen LogP contribution in [0.3, 0.4) is 0 Å². The Balaban J connectivity index is 1.49. The first-order chi connectivity index (χ1) is 16.3. The van der Waals surface area contributed by atoms with Crippen molar-refractivity contribution in [3.05, 3.63) is 75.6 Å². The number of nitrogens with zero attached hydrogens (tertiary/aromatic N) is 3. The summed E-state index contributed by atoms with van der Waals surface area (Å²) in [6.07, 6.45) is 2.51. The fraction of sp³-hybridized carbons (Fsp3) is 0.333. The molecule has 3 amide bonds. The number of rotatable bonds is 6. The first-order valence-corrected chi connectivity index (χ1v) is 11.0. The van der Waals surface area contributed by atoms with Gasteiger partial charge in [-0.15, -0.1) is 0 Å². The highest BCUT2D eigenvalue weighted by molar-refractivity contribution is 6.10. The van der Waals surface area contributed by atoms with E-state index in [1.807, 2.05) is 0 Å². The molecule has 9 nitrogen and oxygen atoms in total. The van der Waals surface area contributed by atoms with Gasteiger partial charge in [0.15, 0.2) is 5.78 Å². The third-order valence-electron chi connectivity index (χ3n) is 7.16. The molecule has 1 heterocycles. The Hall–Kier alpha value is -3.95. The molecule has 5 rings (SSSR count). The summed E-state index contributed by atoms with van der Waals surface area (Å²) < 4.78 is 13.3. The number of benzene rings is 2. The van der Waals surface area contributed by atoms with Crippen LogP contribution in [-0.2, 0) is 9.59 Å². The van der Waals surface area contributed by atoms with Gasteiger partial charge in [-0.3, -0.25) is 29.3 Å². The normalized spacial score (nSPS) is 24.9. The summed E-state index contributed by atoms with van der Waals surface area (Å²) in [4.78, 5) is 63.4. The summed E-state index contributed by atoms with van der Waals surface area (Å²) >= 11 is 0. The lowest BCUT2D eigenvalue weighted by atomic mass is 9.81. The highest BCUT2D eigenvalue weighted by Crippen LogP contribution is 2.56. The molecule has 1 saturated heterocycles. The van der Waals surface area contributed by atoms with Crippen LogP contribution in [0.15, 0.2) is 48.5 Å². The average molecular weight is 465 g/mol. The molecule has 4 atom stereocenters. The number of Topliss-reactive ketones (excluding diaryl/α,β-unsaturated/α-hetero) is 1. The Morgan fingerprint density at radius 1 is 0.941 bits per heavy atom. The molecule has 2 saturated carbocycles. The van der Waals surface area contributed by atoms with E-state index in [1.54, 1.807) is 0 Å². The van der Waals surface area contributed by atoms with Crippen molar-refractivity contribution < 1.29 is 28.5 Å². The zero-order valence-electron chi connectivity index (χ0n) is 17.9. The van der Waals surface area contributed by atoms with Crippen molar-refractivity contribution in [1.82, 2.24) is 10.0 Å². The molecular weight excluding hydrogens is 445 g/mol. The predicted octanol–water partition coefficient (Wildman–Crippen LogP) is 3.01. The second kappa shape index (κ2) is 8.12. The van der Waals surface area contributed by atoms with Crippen molar-refractivity contribution in [2.24, 2.45) is 23.7 Å². The minimum atomic E-state index is -0.806. The van der Waals surface area contributed by atoms with Crippen molar-refractivity contribution in [3.8, 4) is 0 Å². The Morgan fingerprint density at radius 2 is 1.47 bits per heavy atom. The number of fused-ring (bicyclic) bond motifs is 5. The zero-order chi connectivity index (χ0) is 24.1. The summed E-state index contributed by atoms with van der Waals surface area (Å²) in [6.45, 7) is -0.617. The minimum Gasteiger partial charge on any atom is -0.292 e. The maximum absolute atomic E-state index is 13.4. The molecule has 174 valence electrons. The summed E-state index contributed by atoms with van der Waals surface area (Å²) in [5, 5.41) is 12.6. The standard InChI is InChI=1S/C24H20FN3O6/c25-17-7-3-13(4-8-17)19(29)12-26(22(30)14-5-9-18(10-6-14)28(33)34)27-23(31)20-15-1-2-16(11-15)21(20)24(27)32/h3-10,15-16,20-21H,1-2,11-12H2/t15-,16-,20-,21-/m0/s1. The van der Waals surface area contributed by atoms with Crippen molar-refractivity contribution in [3.63, 3.8) is 0 Å². The van der Waals surface area contributed by atoms with E-state index in [4.69, 9.17) is 0 Å². The van der Waals surface area contributed by atoms with E-state index in [0.717, 1.165) is 53.5 Å². The third kappa shape index (κ3) is 3.46. The van der Waals surface area contributed by atoms with E-state index in [0.29, 0.717) is 0 Å². The van der Waals surface area contributed by atoms with E-state index in [-0.39, 0.29) is 28.7 Å². The SMILES string of the molecule is O=C(CN(C(=O)c1ccc([N+](=O)[O-])cc1)N1C(=O)[C@H]2[C@H]3CC[C@@H](C3)[C@@H]2C1=O)c1ccc(F)cc1. The Labute approximate surface area is 193 Å². The Morgan fingerprint density at radius 3 is 2.00 bits per heavy atom. The number of imide groups is 1. The first kappa shape index (κ1) is 21.9. The Bertz CT molecular complexity index is 1180. The van der Waals surface area contributed by atoms with Gasteiger partial charge in [-0.25, -0.2) is 9.40 Å². The second-order valence-electron chi connectivity index (χ2n) is 8.97. The molecule has 10 heteroatoms. The predicted molar refractivity (Wildman–Crippen MR) is 115 cm³/mol. The number of carbonyl (C=O) groups excluding carboxylic acids is 4. The van der Waals surface area contributed by atoms with Crippen LogP contribution in [0.2, 0.25) is 0 Å². The smallest absolute Gasteiger partial charge is 0.273 e. The fourth-order valence-electron chi connectivity index (χ4n) is 5.60. The van der Waals surface area contributed by atoms with Crippen molar-refractivity contribution in [1.29, 1.82) is 0 Å². The van der Waals surface area contributed by atoms with Gasteiger partial charge in [-0.1, -0.05) is 0 Å². The number of hydrogen-bond donors (Lipinski definition) is 0. The fourth-order valence-corrected chi connectivity index (χ4v) is 5.60. The molecular formula is C24H20FN3O6. The van der Waals surface area contributed by atoms with E-state index in [9.17, 15) is 33.7 Å². The molecule has 34 heavy (non-hydrogen) atoms. The lowest BCUT2D eigenvalue weighted by molar-refractivity contribution is -0.384.